The van der Waals surface area contributed by atoms with Crippen LogP contribution in [0.15, 0.2) is 0 Å². The van der Waals surface area contributed by atoms with E-state index in [1.54, 1.807) is 0 Å². The van der Waals surface area contributed by atoms with E-state index < -0.39 is 8.03 Å². The molecule has 1 atom stereocenters. The highest BCUT2D eigenvalue weighted by Crippen LogP contribution is 2.12. The van der Waals surface area contributed by atoms with Gasteiger partial charge in [-0.15, -0.1) is 0 Å². The molecule has 11 heavy (non-hydrogen) atoms. The van der Waals surface area contributed by atoms with Crippen molar-refractivity contribution in [1.82, 2.24) is 0 Å². The molecule has 0 amide bonds. The molecule has 0 aliphatic carbocycles. The monoisotopic (exact) mass is 180 g/mol. The normalized spacial score (nSPS) is 10.0. The van der Waals surface area contributed by atoms with Gasteiger partial charge in [-0.1, -0.05) is 26.7 Å². The van der Waals surface area contributed by atoms with Crippen LogP contribution in [0.25, 0.3) is 0 Å². The average molecular weight is 180 g/mol. The zero-order chi connectivity index (χ0) is 9.11. The largest absolute Gasteiger partial charge is 0.505 e. The first-order valence-corrected chi connectivity index (χ1v) is 5.42. The topological polar surface area (TPSA) is 63.3 Å². The van der Waals surface area contributed by atoms with Crippen molar-refractivity contribution in [2.24, 2.45) is 5.73 Å². The maximum atomic E-state index is 9.85. The predicted molar refractivity (Wildman–Crippen MR) is 48.9 cm³/mol. The summed E-state index contributed by atoms with van der Waals surface area (Å²) in [7, 11) is -1.94. The molecule has 1 unspecified atom stereocenters. The predicted octanol–water partition coefficient (Wildman–Crippen LogP) is 1.88. The minimum atomic E-state index is -1.94. The lowest BCUT2D eigenvalue weighted by atomic mass is 10.4. The molecule has 0 aliphatic rings. The first-order chi connectivity index (χ1) is 5.18. The summed E-state index contributed by atoms with van der Waals surface area (Å²) in [5, 5.41) is 0. The van der Waals surface area contributed by atoms with E-state index in [0.717, 1.165) is 0 Å². The van der Waals surface area contributed by atoms with Gasteiger partial charge in [0.05, 0.1) is 0 Å². The highest BCUT2D eigenvalue weighted by Gasteiger charge is 2.05. The Bertz CT molecular complexity index is 86.5. The summed E-state index contributed by atoms with van der Waals surface area (Å²) in [5.74, 6) is 0. The number of unbranched alkanes of at least 4 members (excludes halogenated alkanes) is 1. The summed E-state index contributed by atoms with van der Waals surface area (Å²) in [6.45, 7) is 4.86. The highest BCUT2D eigenvalue weighted by molar-refractivity contribution is 7.37. The molecule has 0 rings (SSSR count). The van der Waals surface area contributed by atoms with Crippen molar-refractivity contribution in [3.8, 4) is 0 Å². The van der Waals surface area contributed by atoms with Crippen molar-refractivity contribution in [1.29, 1.82) is 0 Å². The van der Waals surface area contributed by atoms with Crippen molar-refractivity contribution in [2.75, 3.05) is 12.7 Å². The van der Waals surface area contributed by atoms with Crippen LogP contribution in [-0.4, -0.2) is 17.6 Å². The number of hydrogen-bond acceptors (Lipinski definition) is 2. The molecule has 0 aromatic rings. The van der Waals surface area contributed by atoms with E-state index in [1.165, 1.54) is 12.8 Å². The molecule has 3 nitrogen and oxygen atoms in total. The van der Waals surface area contributed by atoms with Crippen molar-refractivity contribution in [3.05, 3.63) is 0 Å². The highest BCUT2D eigenvalue weighted by atomic mass is 31.1. The van der Waals surface area contributed by atoms with Crippen LogP contribution in [0.2, 0.25) is 0 Å². The lowest BCUT2D eigenvalue weighted by Gasteiger charge is -1.76. The average Bonchev–Trinajstić information content (AvgIpc) is 2.01. The molecule has 0 fully saturated rings. The third-order valence-electron chi connectivity index (χ3n) is 1.05. The Morgan fingerprint density at radius 1 is 1.36 bits per heavy atom. The second kappa shape index (κ2) is 12.7. The fraction of sp³-hybridized carbons (Fsp3) is 1.00. The van der Waals surface area contributed by atoms with Gasteiger partial charge in [-0.3, -0.25) is 0 Å². The Morgan fingerprint density at radius 3 is 1.91 bits per heavy atom. The fourth-order valence-corrected chi connectivity index (χ4v) is 0.680. The van der Waals surface area contributed by atoms with Gasteiger partial charge in [-0.25, -0.2) is 0 Å². The second-order valence-electron chi connectivity index (χ2n) is 2.22. The van der Waals surface area contributed by atoms with Crippen molar-refractivity contribution in [2.45, 2.75) is 33.1 Å². The van der Waals surface area contributed by atoms with E-state index >= 15 is 0 Å². The molecule has 3 N–H and O–H groups in total. The fourth-order valence-electron chi connectivity index (χ4n) is 0.227. The van der Waals surface area contributed by atoms with Gasteiger partial charge in [0.15, 0.2) is 6.16 Å². The first kappa shape index (κ1) is 13.6. The maximum Gasteiger partial charge on any atom is 0.505 e. The summed E-state index contributed by atoms with van der Waals surface area (Å²) in [6.07, 6.45) is 3.62. The summed E-state index contributed by atoms with van der Waals surface area (Å²) in [5.41, 5.74) is 5.04. The molecule has 0 bridgehead atoms. The van der Waals surface area contributed by atoms with Gasteiger partial charge >= 0.3 is 8.03 Å². The second-order valence-corrected chi connectivity index (χ2v) is 3.37. The molecule has 0 spiro atoms. The molecule has 68 valence electrons. The van der Waals surface area contributed by atoms with Crippen LogP contribution in [-0.2, 0) is 4.57 Å². The quantitative estimate of drug-likeness (QED) is 0.649. The van der Waals surface area contributed by atoms with Gasteiger partial charge in [-0.2, -0.15) is 4.89 Å². The van der Waals surface area contributed by atoms with E-state index in [9.17, 15) is 4.57 Å². The van der Waals surface area contributed by atoms with Crippen molar-refractivity contribution >= 4 is 8.03 Å². The molecule has 0 radical (unpaired) electrons. The van der Waals surface area contributed by atoms with Gasteiger partial charge in [-0.05, 0) is 11.1 Å². The number of rotatable bonds is 4. The smallest absolute Gasteiger partial charge is 0.330 e. The van der Waals surface area contributed by atoms with Crippen LogP contribution in [0, 0.1) is 0 Å². The molecule has 0 aliphatic heterocycles. The van der Waals surface area contributed by atoms with Crippen LogP contribution >= 0.6 is 8.03 Å². The maximum absolute atomic E-state index is 9.85. The third kappa shape index (κ3) is 25.6. The molecule has 0 aromatic heterocycles. The molecule has 0 heterocycles. The van der Waals surface area contributed by atoms with Crippen molar-refractivity contribution < 1.29 is 9.46 Å². The van der Waals surface area contributed by atoms with Crippen LogP contribution in [0.4, 0.5) is 0 Å². The molecular formula is C7H19NO2P+. The minimum Gasteiger partial charge on any atom is -0.330 e. The first-order valence-electron chi connectivity index (χ1n) is 4.02. The van der Waals surface area contributed by atoms with Gasteiger partial charge in [0.2, 0.25) is 0 Å². The number of hydrogen-bond donors (Lipinski definition) is 2. The zero-order valence-corrected chi connectivity index (χ0v) is 8.31. The van der Waals surface area contributed by atoms with E-state index in [2.05, 4.69) is 13.8 Å². The van der Waals surface area contributed by atoms with Crippen LogP contribution in [0.3, 0.4) is 0 Å². The Kier molecular flexibility index (Phi) is 15.7. The molecule has 0 saturated carbocycles. The van der Waals surface area contributed by atoms with E-state index in [1.807, 2.05) is 0 Å². The minimum absolute atomic E-state index is 0.339. The molecule has 4 heteroatoms. The Labute approximate surface area is 69.9 Å². The van der Waals surface area contributed by atoms with Crippen molar-refractivity contribution in [3.63, 3.8) is 0 Å². The molecule has 0 aromatic carbocycles. The van der Waals surface area contributed by atoms with Gasteiger partial charge < -0.3 is 5.73 Å². The van der Waals surface area contributed by atoms with Gasteiger partial charge in [0, 0.05) is 6.42 Å². The Hall–Kier alpha value is 0.0200. The van der Waals surface area contributed by atoms with E-state index in [0.29, 0.717) is 19.1 Å². The summed E-state index contributed by atoms with van der Waals surface area (Å²) < 4.78 is 9.85. The zero-order valence-electron chi connectivity index (χ0n) is 7.42. The Balaban J connectivity index is 0. The lowest BCUT2D eigenvalue weighted by molar-refractivity contribution is 0.501. The Morgan fingerprint density at radius 2 is 1.82 bits per heavy atom. The van der Waals surface area contributed by atoms with Gasteiger partial charge in [0.1, 0.15) is 0 Å². The SMILES string of the molecule is CCCC.NCCC[P+](=O)O. The summed E-state index contributed by atoms with van der Waals surface area (Å²) in [6, 6.07) is 0. The van der Waals surface area contributed by atoms with Crippen LogP contribution in [0.1, 0.15) is 33.1 Å². The molecule has 0 saturated heterocycles. The van der Waals surface area contributed by atoms with Crippen LogP contribution in [0.5, 0.6) is 0 Å². The number of nitrogens with two attached hydrogens (primary N) is 1. The third-order valence-corrected chi connectivity index (χ3v) is 1.75. The van der Waals surface area contributed by atoms with Gasteiger partial charge in [0.25, 0.3) is 0 Å². The van der Waals surface area contributed by atoms with Crippen LogP contribution < -0.4 is 5.73 Å². The summed E-state index contributed by atoms with van der Waals surface area (Å²) in [4.78, 5) is 8.14. The standard InChI is InChI=1S/C4H10.C3H8NO2P/c1-3-4-2;4-2-1-3-7(5)6/h3-4H2,1-2H3;1-4H2/p+1. The molecular weight excluding hydrogens is 161 g/mol. The van der Waals surface area contributed by atoms with E-state index in [-0.39, 0.29) is 0 Å². The lowest BCUT2D eigenvalue weighted by Crippen LogP contribution is -1.98. The summed E-state index contributed by atoms with van der Waals surface area (Å²) >= 11 is 0. The van der Waals surface area contributed by atoms with E-state index in [4.69, 9.17) is 10.6 Å².